The fraction of sp³-hybridized carbons (Fsp3) is 0.0476. The molecule has 1 aliphatic rings. The molecule has 2 aromatic carbocycles. The number of rotatable bonds is 3. The highest BCUT2D eigenvalue weighted by molar-refractivity contribution is 6.86. The van der Waals surface area contributed by atoms with Crippen LogP contribution in [-0.4, -0.2) is 19.1 Å². The minimum Gasteiger partial charge on any atom is -0.262 e. The van der Waals surface area contributed by atoms with Gasteiger partial charge in [0.2, 0.25) is 0 Å². The minimum absolute atomic E-state index is 0.791. The second-order valence-corrected chi connectivity index (χ2v) is 7.89. The van der Waals surface area contributed by atoms with Gasteiger partial charge < -0.3 is 0 Å². The van der Waals surface area contributed by atoms with Gasteiger partial charge in [-0.25, -0.2) is 0 Å². The summed E-state index contributed by atoms with van der Waals surface area (Å²) in [5, 5.41) is 1.25. The molecular formula is C21H17NSi. The molecule has 0 saturated heterocycles. The predicted octanol–water partition coefficient (Wildman–Crippen LogP) is 3.79. The van der Waals surface area contributed by atoms with E-state index < -0.39 is 8.41 Å². The molecule has 4 rings (SSSR count). The van der Waals surface area contributed by atoms with Crippen LogP contribution in [0.5, 0.6) is 0 Å². The van der Waals surface area contributed by atoms with Crippen molar-refractivity contribution in [3.05, 3.63) is 96.2 Å². The molecule has 0 atom stereocenters. The van der Waals surface area contributed by atoms with Crippen LogP contribution in [-0.2, 0) is 0 Å². The molecule has 3 aromatic rings. The molecule has 0 unspecified atom stereocenters. The van der Waals surface area contributed by atoms with Gasteiger partial charge in [-0.1, -0.05) is 72.4 Å². The Kier molecular flexibility index (Phi) is 3.83. The Labute approximate surface area is 138 Å². The first-order valence-electron chi connectivity index (χ1n) is 7.88. The summed E-state index contributed by atoms with van der Waals surface area (Å²) in [5.74, 6) is 0. The van der Waals surface area contributed by atoms with E-state index in [4.69, 9.17) is 0 Å². The van der Waals surface area contributed by atoms with Gasteiger partial charge in [-0.15, -0.1) is 0 Å². The Morgan fingerprint density at radius 3 is 2.00 bits per heavy atom. The number of benzene rings is 2. The number of hydrogen-bond donors (Lipinski definition) is 0. The third kappa shape index (κ3) is 2.86. The first kappa shape index (κ1) is 14.0. The van der Waals surface area contributed by atoms with Gasteiger partial charge in [-0.2, -0.15) is 0 Å². The van der Waals surface area contributed by atoms with E-state index in [9.17, 15) is 0 Å². The fourth-order valence-corrected chi connectivity index (χ4v) is 5.53. The van der Waals surface area contributed by atoms with Crippen LogP contribution in [0.15, 0.2) is 85.1 Å². The molecule has 0 aliphatic carbocycles. The van der Waals surface area contributed by atoms with Gasteiger partial charge in [0.1, 0.15) is 0 Å². The molecule has 0 fully saturated rings. The topological polar surface area (TPSA) is 12.9 Å². The number of nitrogens with zero attached hydrogens (tertiary/aromatic N) is 1. The van der Waals surface area contributed by atoms with E-state index >= 15 is 0 Å². The van der Waals surface area contributed by atoms with Crippen molar-refractivity contribution in [1.29, 1.82) is 0 Å². The van der Waals surface area contributed by atoms with Gasteiger partial charge in [-0.05, 0) is 40.4 Å². The van der Waals surface area contributed by atoms with Crippen LogP contribution < -0.4 is 5.32 Å². The number of allylic oxidation sites excluding steroid dienone is 2. The molecule has 0 radical (unpaired) electrons. The van der Waals surface area contributed by atoms with E-state index in [1.807, 2.05) is 12.3 Å². The van der Waals surface area contributed by atoms with Crippen molar-refractivity contribution in [2.24, 2.45) is 0 Å². The van der Waals surface area contributed by atoms with Gasteiger partial charge in [0.05, 0.1) is 8.41 Å². The van der Waals surface area contributed by atoms with Crippen LogP contribution in [0.3, 0.4) is 0 Å². The second kappa shape index (κ2) is 6.27. The van der Waals surface area contributed by atoms with Gasteiger partial charge in [-0.3, -0.25) is 4.98 Å². The average Bonchev–Trinajstić information content (AvgIpc) is 3.09. The van der Waals surface area contributed by atoms with Crippen molar-refractivity contribution in [2.75, 3.05) is 0 Å². The molecule has 0 bridgehead atoms. The summed E-state index contributed by atoms with van der Waals surface area (Å²) >= 11 is 0. The van der Waals surface area contributed by atoms with Crippen LogP contribution in [0, 0.1) is 0 Å². The standard InChI is InChI=1S/C21H17NSi/c1-3-9-17(10-4-1)19-15-23(21-13-7-8-14-22-21)16-20(19)18-11-5-2-6-12-18/h1-15H,16H2. The summed E-state index contributed by atoms with van der Waals surface area (Å²) in [6, 6.07) is 28.8. The molecule has 0 N–H and O–H groups in total. The van der Waals surface area contributed by atoms with Crippen molar-refractivity contribution in [1.82, 2.24) is 4.98 Å². The molecule has 110 valence electrons. The van der Waals surface area contributed by atoms with Gasteiger partial charge in [0.25, 0.3) is 0 Å². The maximum atomic E-state index is 4.60. The zero-order valence-corrected chi connectivity index (χ0v) is 13.8. The van der Waals surface area contributed by atoms with E-state index in [-0.39, 0.29) is 0 Å². The lowest BCUT2D eigenvalue weighted by Crippen LogP contribution is -2.24. The predicted molar refractivity (Wildman–Crippen MR) is 100 cm³/mol. The highest BCUT2D eigenvalue weighted by Crippen LogP contribution is 2.32. The van der Waals surface area contributed by atoms with Crippen molar-refractivity contribution in [3.8, 4) is 0 Å². The van der Waals surface area contributed by atoms with Crippen LogP contribution in [0.2, 0.25) is 6.04 Å². The van der Waals surface area contributed by atoms with Gasteiger partial charge in [0, 0.05) is 11.5 Å². The summed E-state index contributed by atoms with van der Waals surface area (Å²) in [7, 11) is -0.791. The molecule has 2 heteroatoms. The molecular weight excluding hydrogens is 294 g/mol. The first-order valence-corrected chi connectivity index (χ1v) is 9.66. The van der Waals surface area contributed by atoms with E-state index in [2.05, 4.69) is 83.5 Å². The molecule has 0 amide bonds. The maximum absolute atomic E-state index is 4.60. The third-order valence-corrected chi connectivity index (χ3v) is 6.54. The molecule has 0 saturated carbocycles. The Morgan fingerprint density at radius 2 is 1.35 bits per heavy atom. The summed E-state index contributed by atoms with van der Waals surface area (Å²) in [5.41, 5.74) is 7.96. The number of hydrogen-bond acceptors (Lipinski definition) is 1. The van der Waals surface area contributed by atoms with E-state index in [1.165, 1.54) is 27.6 Å². The average molecular weight is 311 g/mol. The smallest absolute Gasteiger partial charge is 0.0754 e. The lowest BCUT2D eigenvalue weighted by Gasteiger charge is -2.08. The van der Waals surface area contributed by atoms with E-state index in [1.54, 1.807) is 0 Å². The Morgan fingerprint density at radius 1 is 0.696 bits per heavy atom. The molecule has 23 heavy (non-hydrogen) atoms. The summed E-state index contributed by atoms with van der Waals surface area (Å²) in [6.45, 7) is 0. The second-order valence-electron chi connectivity index (χ2n) is 5.69. The SMILES string of the molecule is C1=[Si](c2ccccn2)CC(c2ccccc2)=C1c1ccccc1. The Hall–Kier alpha value is -2.58. The zero-order valence-electron chi connectivity index (χ0n) is 12.8. The summed E-state index contributed by atoms with van der Waals surface area (Å²) in [6.07, 6.45) is 1.91. The highest BCUT2D eigenvalue weighted by atomic mass is 28.2. The number of pyridine rings is 1. The van der Waals surface area contributed by atoms with Crippen molar-refractivity contribution < 1.29 is 0 Å². The fourth-order valence-electron chi connectivity index (χ4n) is 3.09. The van der Waals surface area contributed by atoms with Crippen LogP contribution in [0.4, 0.5) is 0 Å². The van der Waals surface area contributed by atoms with Crippen molar-refractivity contribution in [3.63, 3.8) is 0 Å². The largest absolute Gasteiger partial charge is 0.262 e. The van der Waals surface area contributed by atoms with E-state index in [0.717, 1.165) is 6.04 Å². The monoisotopic (exact) mass is 311 g/mol. The van der Waals surface area contributed by atoms with Gasteiger partial charge >= 0.3 is 0 Å². The first-order chi connectivity index (χ1) is 11.4. The lowest BCUT2D eigenvalue weighted by atomic mass is 9.97. The van der Waals surface area contributed by atoms with Crippen LogP contribution >= 0.6 is 0 Å². The Bertz CT molecular complexity index is 865. The minimum atomic E-state index is -0.791. The van der Waals surface area contributed by atoms with Crippen molar-refractivity contribution >= 4 is 30.5 Å². The lowest BCUT2D eigenvalue weighted by molar-refractivity contribution is 1.38. The molecule has 1 nitrogen and oxygen atoms in total. The zero-order chi connectivity index (χ0) is 15.5. The quantitative estimate of drug-likeness (QED) is 0.671. The number of aromatic nitrogens is 1. The Balaban J connectivity index is 1.82. The summed E-state index contributed by atoms with van der Waals surface area (Å²) < 4.78 is 0. The summed E-state index contributed by atoms with van der Waals surface area (Å²) in [4.78, 5) is 4.60. The molecule has 2 heterocycles. The molecule has 1 aliphatic heterocycles. The highest BCUT2D eigenvalue weighted by Gasteiger charge is 2.20. The maximum Gasteiger partial charge on any atom is 0.0754 e. The molecule has 1 aromatic heterocycles. The van der Waals surface area contributed by atoms with Crippen LogP contribution in [0.1, 0.15) is 11.1 Å². The van der Waals surface area contributed by atoms with Crippen LogP contribution in [0.25, 0.3) is 11.1 Å². The van der Waals surface area contributed by atoms with Crippen molar-refractivity contribution in [2.45, 2.75) is 6.04 Å². The normalized spacial score (nSPS) is 14.0. The van der Waals surface area contributed by atoms with E-state index in [0.29, 0.717) is 0 Å². The van der Waals surface area contributed by atoms with Gasteiger partial charge in [0.15, 0.2) is 0 Å². The molecule has 0 spiro atoms. The third-order valence-electron chi connectivity index (χ3n) is 4.21.